The number of carbonyl (C=O) groups excluding carboxylic acids is 3. The average molecular weight is 486 g/mol. The number of carbonyl (C=O) groups is 3. The molecule has 0 radical (unpaired) electrons. The molecule has 1 unspecified atom stereocenters. The van der Waals surface area contributed by atoms with Crippen molar-refractivity contribution in [2.45, 2.75) is 56.9 Å². The van der Waals surface area contributed by atoms with Crippen molar-refractivity contribution in [3.63, 3.8) is 0 Å². The van der Waals surface area contributed by atoms with Gasteiger partial charge < -0.3 is 19.7 Å². The zero-order valence-corrected chi connectivity index (χ0v) is 20.9. The van der Waals surface area contributed by atoms with Gasteiger partial charge in [0.1, 0.15) is 0 Å². The molecule has 4 rings (SSSR count). The quantitative estimate of drug-likeness (QED) is 0.591. The van der Waals surface area contributed by atoms with E-state index in [1.807, 2.05) is 36.9 Å². The van der Waals surface area contributed by atoms with Gasteiger partial charge in [-0.15, -0.1) is 11.3 Å². The molecule has 1 aliphatic carbocycles. The number of hydrogen-bond acceptors (Lipinski definition) is 7. The van der Waals surface area contributed by atoms with Crippen LogP contribution in [0.15, 0.2) is 24.3 Å². The Labute approximate surface area is 203 Å². The van der Waals surface area contributed by atoms with Crippen molar-refractivity contribution in [2.75, 3.05) is 32.7 Å². The summed E-state index contributed by atoms with van der Waals surface area (Å²) in [5.41, 5.74) is 0.912. The molecule has 8 nitrogen and oxygen atoms in total. The van der Waals surface area contributed by atoms with Gasteiger partial charge in [-0.1, -0.05) is 44.9 Å². The molecule has 34 heavy (non-hydrogen) atoms. The lowest BCUT2D eigenvalue weighted by Crippen LogP contribution is -2.60. The van der Waals surface area contributed by atoms with E-state index in [1.165, 1.54) is 18.4 Å². The number of nitrogens with zero attached hydrogens (tertiary/aromatic N) is 2. The summed E-state index contributed by atoms with van der Waals surface area (Å²) < 4.78 is 10.2. The first kappa shape index (κ1) is 24.3. The van der Waals surface area contributed by atoms with Crippen LogP contribution in [-0.4, -0.2) is 60.6 Å². The van der Waals surface area contributed by atoms with Gasteiger partial charge >= 0.3 is 5.97 Å². The Balaban J connectivity index is 1.75. The predicted octanol–water partition coefficient (Wildman–Crippen LogP) is 4.19. The Morgan fingerprint density at radius 2 is 1.94 bits per heavy atom. The van der Waals surface area contributed by atoms with Gasteiger partial charge in [0.2, 0.25) is 5.91 Å². The van der Waals surface area contributed by atoms with Crippen LogP contribution in [0.3, 0.4) is 0 Å². The summed E-state index contributed by atoms with van der Waals surface area (Å²) in [5, 5.41) is 3.34. The molecule has 1 spiro atoms. The van der Waals surface area contributed by atoms with Crippen molar-refractivity contribution in [2.24, 2.45) is 0 Å². The summed E-state index contributed by atoms with van der Waals surface area (Å²) in [6.07, 6.45) is 3.39. The van der Waals surface area contributed by atoms with Crippen LogP contribution in [0.1, 0.15) is 82.7 Å². The highest BCUT2D eigenvalue weighted by Gasteiger charge is 2.55. The molecule has 0 bridgehead atoms. The van der Waals surface area contributed by atoms with Gasteiger partial charge in [-0.2, -0.15) is 0 Å². The second-order valence-electron chi connectivity index (χ2n) is 9.15. The van der Waals surface area contributed by atoms with E-state index < -0.39 is 17.4 Å². The number of benzene rings is 1. The van der Waals surface area contributed by atoms with Crippen LogP contribution >= 0.6 is 11.3 Å². The Bertz CT molecular complexity index is 1090. The van der Waals surface area contributed by atoms with Crippen LogP contribution < -0.4 is 5.32 Å². The lowest BCUT2D eigenvalue weighted by molar-refractivity contribution is -0.121. The second-order valence-corrected chi connectivity index (χ2v) is 10.2. The smallest absolute Gasteiger partial charge is 0.357 e. The number of aromatic nitrogens is 1. The Hall–Kier alpha value is -2.78. The molecule has 2 aliphatic rings. The molecule has 1 N–H and O–H groups in total. The number of thiazole rings is 1. The zero-order chi connectivity index (χ0) is 24.5. The number of fused-ring (bicyclic) bond motifs is 1. The molecule has 1 atom stereocenters. The lowest BCUT2D eigenvalue weighted by Gasteiger charge is -2.50. The molecule has 1 aromatic heterocycles. The first-order chi connectivity index (χ1) is 16.3. The van der Waals surface area contributed by atoms with Gasteiger partial charge in [0, 0.05) is 24.1 Å². The van der Waals surface area contributed by atoms with Crippen LogP contribution in [0.4, 0.5) is 5.13 Å². The van der Waals surface area contributed by atoms with E-state index in [0.29, 0.717) is 23.8 Å². The number of rotatable bonds is 7. The summed E-state index contributed by atoms with van der Waals surface area (Å²) in [4.78, 5) is 46.7. The number of hydrogen-bond donors (Lipinski definition) is 1. The van der Waals surface area contributed by atoms with Crippen molar-refractivity contribution in [1.82, 2.24) is 9.88 Å². The van der Waals surface area contributed by atoms with Gasteiger partial charge in [-0.25, -0.2) is 9.78 Å². The number of ether oxygens (including phenoxy) is 2. The first-order valence-electron chi connectivity index (χ1n) is 11.6. The molecule has 1 fully saturated rings. The summed E-state index contributed by atoms with van der Waals surface area (Å²) in [6, 6.07) is 7.36. The molecule has 2 aromatic rings. The first-order valence-corrected chi connectivity index (χ1v) is 12.5. The fourth-order valence-corrected chi connectivity index (χ4v) is 6.33. The van der Waals surface area contributed by atoms with Gasteiger partial charge in [-0.05, 0) is 30.4 Å². The van der Waals surface area contributed by atoms with E-state index in [0.717, 1.165) is 36.1 Å². The van der Waals surface area contributed by atoms with Crippen LogP contribution in [0, 0.1) is 0 Å². The fourth-order valence-electron chi connectivity index (χ4n) is 5.37. The van der Waals surface area contributed by atoms with Gasteiger partial charge in [-0.3, -0.25) is 9.59 Å². The van der Waals surface area contributed by atoms with Gasteiger partial charge in [0.05, 0.1) is 25.2 Å². The van der Waals surface area contributed by atoms with Gasteiger partial charge in [0.15, 0.2) is 10.8 Å². The maximum absolute atomic E-state index is 13.9. The highest BCUT2D eigenvalue weighted by molar-refractivity contribution is 7.16. The highest BCUT2D eigenvalue weighted by atomic mass is 32.1. The highest BCUT2D eigenvalue weighted by Crippen LogP contribution is 2.50. The molecule has 0 saturated heterocycles. The van der Waals surface area contributed by atoms with Crippen molar-refractivity contribution >= 4 is 34.3 Å². The third kappa shape index (κ3) is 4.11. The maximum atomic E-state index is 13.9. The minimum Gasteiger partial charge on any atom is -0.464 e. The minimum atomic E-state index is -0.614. The van der Waals surface area contributed by atoms with E-state index in [1.54, 1.807) is 13.2 Å². The summed E-state index contributed by atoms with van der Waals surface area (Å²) in [5.74, 6) is -1.29. The Morgan fingerprint density at radius 3 is 2.59 bits per heavy atom. The van der Waals surface area contributed by atoms with Gasteiger partial charge in [0.25, 0.3) is 5.91 Å². The van der Waals surface area contributed by atoms with Crippen molar-refractivity contribution < 1.29 is 23.9 Å². The summed E-state index contributed by atoms with van der Waals surface area (Å²) >= 11 is 1.29. The van der Waals surface area contributed by atoms with E-state index in [2.05, 4.69) is 10.3 Å². The molecule has 1 aliphatic heterocycles. The second kappa shape index (κ2) is 9.84. The predicted molar refractivity (Wildman–Crippen MR) is 129 cm³/mol. The SMILES string of the molecule is COCCN1C(=O)c2ccccc2C(C(=O)Nc2nc(C(=O)OC)c(C(C)C)s2)C12CCCC2. The van der Waals surface area contributed by atoms with Crippen LogP contribution in [-0.2, 0) is 14.3 Å². The average Bonchev–Trinajstić information content (AvgIpc) is 3.47. The lowest BCUT2D eigenvalue weighted by atomic mass is 9.71. The molecule has 1 aromatic carbocycles. The number of anilines is 1. The topological polar surface area (TPSA) is 97.8 Å². The largest absolute Gasteiger partial charge is 0.464 e. The summed E-state index contributed by atoms with van der Waals surface area (Å²) in [6.45, 7) is 4.76. The standard InChI is InChI=1S/C25H31N3O5S/c1-15(2)20-19(23(31)33-4)26-24(34-20)27-21(29)18-16-9-5-6-10-17(16)22(30)28(13-14-32-3)25(18)11-7-8-12-25/h5-6,9-10,15,18H,7-8,11-14H2,1-4H3,(H,26,27,29). The third-order valence-corrected chi connectivity index (χ3v) is 8.13. The molecular formula is C25H31N3O5S. The maximum Gasteiger partial charge on any atom is 0.357 e. The molecule has 2 amide bonds. The molecule has 2 heterocycles. The number of esters is 1. The van der Waals surface area contributed by atoms with E-state index in [-0.39, 0.29) is 23.4 Å². The Morgan fingerprint density at radius 1 is 1.24 bits per heavy atom. The van der Waals surface area contributed by atoms with Crippen LogP contribution in [0.5, 0.6) is 0 Å². The number of nitrogens with one attached hydrogen (secondary N) is 1. The third-order valence-electron chi connectivity index (χ3n) is 6.86. The summed E-state index contributed by atoms with van der Waals surface area (Å²) in [7, 11) is 2.93. The van der Waals surface area contributed by atoms with E-state index in [9.17, 15) is 14.4 Å². The zero-order valence-electron chi connectivity index (χ0n) is 20.1. The fraction of sp³-hybridized carbons (Fsp3) is 0.520. The van der Waals surface area contributed by atoms with Crippen LogP contribution in [0.25, 0.3) is 0 Å². The minimum absolute atomic E-state index is 0.0518. The molecule has 182 valence electrons. The monoisotopic (exact) mass is 485 g/mol. The van der Waals surface area contributed by atoms with Crippen molar-refractivity contribution in [1.29, 1.82) is 0 Å². The Kier molecular flexibility index (Phi) is 7.04. The van der Waals surface area contributed by atoms with Crippen molar-refractivity contribution in [3.05, 3.63) is 46.0 Å². The molecule has 9 heteroatoms. The van der Waals surface area contributed by atoms with Crippen molar-refractivity contribution in [3.8, 4) is 0 Å². The number of methoxy groups -OCH3 is 2. The van der Waals surface area contributed by atoms with Crippen LogP contribution in [0.2, 0.25) is 0 Å². The normalized spacial score (nSPS) is 18.9. The van der Waals surface area contributed by atoms with E-state index >= 15 is 0 Å². The molecular weight excluding hydrogens is 454 g/mol. The van der Waals surface area contributed by atoms with E-state index in [4.69, 9.17) is 9.47 Å². The number of amides is 2. The molecule has 1 saturated carbocycles.